The molecule has 21 heavy (non-hydrogen) atoms. The molecule has 6 heteroatoms. The van der Waals surface area contributed by atoms with Crippen molar-refractivity contribution < 1.29 is 19.4 Å². The summed E-state index contributed by atoms with van der Waals surface area (Å²) in [6.45, 7) is 5.79. The van der Waals surface area contributed by atoms with Gasteiger partial charge in [-0.1, -0.05) is 13.8 Å². The van der Waals surface area contributed by atoms with E-state index in [1.807, 2.05) is 0 Å². The van der Waals surface area contributed by atoms with Crippen LogP contribution in [0.5, 0.6) is 0 Å². The van der Waals surface area contributed by atoms with Gasteiger partial charge in [0.25, 0.3) is 0 Å². The van der Waals surface area contributed by atoms with E-state index < -0.39 is 12.1 Å². The minimum atomic E-state index is -0.891. The average Bonchev–Trinajstić information content (AvgIpc) is 2.42. The Hall–Kier alpha value is -1.30. The highest BCUT2D eigenvalue weighted by Gasteiger charge is 2.29. The van der Waals surface area contributed by atoms with Crippen molar-refractivity contribution in [3.05, 3.63) is 0 Å². The van der Waals surface area contributed by atoms with Crippen molar-refractivity contribution in [1.82, 2.24) is 10.2 Å². The number of rotatable bonds is 3. The van der Waals surface area contributed by atoms with Gasteiger partial charge in [-0.2, -0.15) is 0 Å². The molecule has 2 rings (SSSR count). The number of hydrogen-bond donors (Lipinski definition) is 2. The summed E-state index contributed by atoms with van der Waals surface area (Å²) < 4.78 is 5.39. The third kappa shape index (κ3) is 4.59. The van der Waals surface area contributed by atoms with Gasteiger partial charge in [0.2, 0.25) is 0 Å². The first-order chi connectivity index (χ1) is 9.95. The number of hydrogen-bond acceptors (Lipinski definition) is 3. The van der Waals surface area contributed by atoms with E-state index in [9.17, 15) is 9.59 Å². The van der Waals surface area contributed by atoms with Crippen LogP contribution in [-0.4, -0.2) is 53.8 Å². The second-order valence-corrected chi connectivity index (χ2v) is 6.45. The Kier molecular flexibility index (Phi) is 5.45. The van der Waals surface area contributed by atoms with Gasteiger partial charge in [-0.15, -0.1) is 0 Å². The topological polar surface area (TPSA) is 78.9 Å². The smallest absolute Gasteiger partial charge is 0.317 e. The van der Waals surface area contributed by atoms with Gasteiger partial charge < -0.3 is 20.1 Å². The first-order valence-corrected chi connectivity index (χ1v) is 7.84. The van der Waals surface area contributed by atoms with Crippen molar-refractivity contribution >= 4 is 12.0 Å². The van der Waals surface area contributed by atoms with Crippen molar-refractivity contribution in [2.75, 3.05) is 19.7 Å². The van der Waals surface area contributed by atoms with Gasteiger partial charge in [0, 0.05) is 19.1 Å². The number of carbonyl (C=O) groups excluding carboxylic acids is 1. The molecule has 1 saturated heterocycles. The molecule has 1 aliphatic carbocycles. The maximum atomic E-state index is 12.3. The molecule has 1 heterocycles. The Labute approximate surface area is 125 Å². The molecule has 2 amide bonds. The van der Waals surface area contributed by atoms with Crippen molar-refractivity contribution in [3.8, 4) is 0 Å². The highest BCUT2D eigenvalue weighted by atomic mass is 16.5. The van der Waals surface area contributed by atoms with Gasteiger partial charge >= 0.3 is 12.0 Å². The fourth-order valence-corrected chi connectivity index (χ4v) is 3.17. The summed E-state index contributed by atoms with van der Waals surface area (Å²) in [6.07, 6.45) is 2.75. The normalized spacial score (nSPS) is 33.5. The monoisotopic (exact) mass is 298 g/mol. The lowest BCUT2D eigenvalue weighted by Crippen LogP contribution is -2.53. The molecule has 4 unspecified atom stereocenters. The van der Waals surface area contributed by atoms with Crippen LogP contribution < -0.4 is 5.32 Å². The van der Waals surface area contributed by atoms with Gasteiger partial charge in [-0.25, -0.2) is 4.79 Å². The predicted octanol–water partition coefficient (Wildman–Crippen LogP) is 1.70. The molecule has 2 N–H and O–H groups in total. The summed E-state index contributed by atoms with van der Waals surface area (Å²) >= 11 is 0. The predicted molar refractivity (Wildman–Crippen MR) is 78.1 cm³/mol. The van der Waals surface area contributed by atoms with Gasteiger partial charge in [-0.05, 0) is 31.1 Å². The molecule has 6 nitrogen and oxygen atoms in total. The zero-order chi connectivity index (χ0) is 15.4. The van der Waals surface area contributed by atoms with E-state index in [4.69, 9.17) is 9.84 Å². The molecule has 0 aromatic rings. The van der Waals surface area contributed by atoms with Crippen LogP contribution in [0.25, 0.3) is 0 Å². The maximum absolute atomic E-state index is 12.3. The van der Waals surface area contributed by atoms with Crippen molar-refractivity contribution in [1.29, 1.82) is 0 Å². The minimum absolute atomic E-state index is 0.0538. The fourth-order valence-electron chi connectivity index (χ4n) is 3.17. The molecule has 0 spiro atoms. The van der Waals surface area contributed by atoms with Gasteiger partial charge in [-0.3, -0.25) is 4.79 Å². The van der Waals surface area contributed by atoms with E-state index in [2.05, 4.69) is 19.2 Å². The molecule has 2 fully saturated rings. The fraction of sp³-hybridized carbons (Fsp3) is 0.867. The van der Waals surface area contributed by atoms with Crippen LogP contribution in [0, 0.1) is 11.8 Å². The number of amides is 2. The Balaban J connectivity index is 1.81. The SMILES string of the molecule is CC1CCC(NC(=O)N2CCOC(CC(=O)O)C2)CC1C. The van der Waals surface area contributed by atoms with Crippen molar-refractivity contribution in [2.24, 2.45) is 11.8 Å². The van der Waals surface area contributed by atoms with Crippen LogP contribution in [0.1, 0.15) is 39.5 Å². The van der Waals surface area contributed by atoms with Crippen molar-refractivity contribution in [2.45, 2.75) is 51.7 Å². The lowest BCUT2D eigenvalue weighted by Gasteiger charge is -2.36. The molecule has 4 atom stereocenters. The van der Waals surface area contributed by atoms with E-state index in [1.165, 1.54) is 0 Å². The number of carboxylic acid groups (broad SMARTS) is 1. The van der Waals surface area contributed by atoms with E-state index >= 15 is 0 Å². The number of nitrogens with zero attached hydrogens (tertiary/aromatic N) is 1. The third-order valence-corrected chi connectivity index (χ3v) is 4.75. The summed E-state index contributed by atoms with van der Waals surface area (Å²) in [5.74, 6) is 0.465. The maximum Gasteiger partial charge on any atom is 0.317 e. The van der Waals surface area contributed by atoms with Crippen molar-refractivity contribution in [3.63, 3.8) is 0 Å². The zero-order valence-corrected chi connectivity index (χ0v) is 12.9. The first-order valence-electron chi connectivity index (χ1n) is 7.84. The van der Waals surface area contributed by atoms with Crippen LogP contribution in [0.15, 0.2) is 0 Å². The van der Waals surface area contributed by atoms with Crippen LogP contribution in [0.4, 0.5) is 4.79 Å². The number of ether oxygens (including phenoxy) is 1. The molecule has 0 aromatic carbocycles. The second kappa shape index (κ2) is 7.11. The van der Waals surface area contributed by atoms with Gasteiger partial charge in [0.05, 0.1) is 19.1 Å². The molecule has 0 bridgehead atoms. The summed E-state index contributed by atoms with van der Waals surface area (Å²) in [6, 6.07) is 0.157. The largest absolute Gasteiger partial charge is 0.481 e. The second-order valence-electron chi connectivity index (χ2n) is 6.45. The van der Waals surface area contributed by atoms with Crippen LogP contribution >= 0.6 is 0 Å². The Morgan fingerprint density at radius 2 is 2.05 bits per heavy atom. The summed E-state index contributed by atoms with van der Waals surface area (Å²) in [4.78, 5) is 24.7. The van der Waals surface area contributed by atoms with Crippen LogP contribution in [0.2, 0.25) is 0 Å². The highest BCUT2D eigenvalue weighted by Crippen LogP contribution is 2.29. The standard InChI is InChI=1S/C15H26N2O4/c1-10-3-4-12(7-11(10)2)16-15(20)17-5-6-21-13(9-17)8-14(18)19/h10-13H,3-9H2,1-2H3,(H,16,20)(H,18,19). The molecule has 0 aromatic heterocycles. The van der Waals surface area contributed by atoms with E-state index in [0.717, 1.165) is 25.2 Å². The van der Waals surface area contributed by atoms with Crippen LogP contribution in [0.3, 0.4) is 0 Å². The number of carbonyl (C=O) groups is 2. The van der Waals surface area contributed by atoms with E-state index in [0.29, 0.717) is 25.6 Å². The number of morpholine rings is 1. The third-order valence-electron chi connectivity index (χ3n) is 4.75. The Morgan fingerprint density at radius 3 is 2.71 bits per heavy atom. The first kappa shape index (κ1) is 16.1. The zero-order valence-electron chi connectivity index (χ0n) is 12.9. The quantitative estimate of drug-likeness (QED) is 0.831. The lowest BCUT2D eigenvalue weighted by atomic mass is 9.79. The molecule has 120 valence electrons. The Morgan fingerprint density at radius 1 is 1.29 bits per heavy atom. The summed E-state index contributed by atoms with van der Waals surface area (Å²) in [5, 5.41) is 11.9. The van der Waals surface area contributed by atoms with E-state index in [-0.39, 0.29) is 18.5 Å². The summed E-state index contributed by atoms with van der Waals surface area (Å²) in [5.41, 5.74) is 0. The molecular weight excluding hydrogens is 272 g/mol. The van der Waals surface area contributed by atoms with Gasteiger partial charge in [0.15, 0.2) is 0 Å². The number of nitrogens with one attached hydrogen (secondary N) is 1. The molecule has 2 aliphatic rings. The Bertz CT molecular complexity index is 388. The molecule has 1 aliphatic heterocycles. The average molecular weight is 298 g/mol. The molecular formula is C15H26N2O4. The van der Waals surface area contributed by atoms with E-state index in [1.54, 1.807) is 4.90 Å². The number of aliphatic carboxylic acids is 1. The lowest BCUT2D eigenvalue weighted by molar-refractivity contribution is -0.141. The minimum Gasteiger partial charge on any atom is -0.481 e. The summed E-state index contributed by atoms with van der Waals surface area (Å²) in [7, 11) is 0. The number of urea groups is 1. The van der Waals surface area contributed by atoms with Crippen LogP contribution in [-0.2, 0) is 9.53 Å². The van der Waals surface area contributed by atoms with Gasteiger partial charge in [0.1, 0.15) is 0 Å². The molecule has 1 saturated carbocycles. The highest BCUT2D eigenvalue weighted by molar-refractivity contribution is 5.75. The number of carboxylic acids is 1. The molecule has 0 radical (unpaired) electrons.